The van der Waals surface area contributed by atoms with Gasteiger partial charge in [0.05, 0.1) is 5.75 Å². The van der Waals surface area contributed by atoms with Crippen molar-refractivity contribution < 1.29 is 13.2 Å². The lowest BCUT2D eigenvalue weighted by Crippen LogP contribution is -2.40. The molecule has 1 aliphatic heterocycles. The Balaban J connectivity index is 0.00000288. The summed E-state index contributed by atoms with van der Waals surface area (Å²) < 4.78 is 25.9. The van der Waals surface area contributed by atoms with E-state index >= 15 is 0 Å². The summed E-state index contributed by atoms with van der Waals surface area (Å²) >= 11 is 0. The maximum atomic E-state index is 12.3. The molecule has 8 heteroatoms. The number of amides is 1. The van der Waals surface area contributed by atoms with E-state index < -0.39 is 10.0 Å². The van der Waals surface area contributed by atoms with Crippen molar-refractivity contribution >= 4 is 39.7 Å². The van der Waals surface area contributed by atoms with Gasteiger partial charge in [-0.3, -0.25) is 9.52 Å². The Hall–Kier alpha value is -1.31. The second-order valence-electron chi connectivity index (χ2n) is 6.06. The first-order valence-corrected chi connectivity index (χ1v) is 9.69. The Labute approximate surface area is 150 Å². The maximum absolute atomic E-state index is 12.3. The highest BCUT2D eigenvalue weighted by molar-refractivity contribution is 7.92. The molecule has 0 aliphatic carbocycles. The summed E-state index contributed by atoms with van der Waals surface area (Å²) in [7, 11) is -3.29. The van der Waals surface area contributed by atoms with Crippen LogP contribution in [0.5, 0.6) is 0 Å². The van der Waals surface area contributed by atoms with Crippen LogP contribution in [-0.2, 0) is 14.8 Å². The van der Waals surface area contributed by atoms with E-state index in [2.05, 4.69) is 22.3 Å². The number of carbonyl (C=O) groups excluding carboxylic acids is 1. The number of nitrogens with one attached hydrogen (secondary N) is 3. The van der Waals surface area contributed by atoms with Gasteiger partial charge in [0.1, 0.15) is 0 Å². The summed E-state index contributed by atoms with van der Waals surface area (Å²) in [6, 6.07) is 7.11. The summed E-state index contributed by atoms with van der Waals surface area (Å²) in [6.07, 6.45) is 2.24. The smallest absolute Gasteiger partial charge is 0.232 e. The van der Waals surface area contributed by atoms with Crippen molar-refractivity contribution in [1.82, 2.24) is 5.32 Å². The van der Waals surface area contributed by atoms with Crippen LogP contribution < -0.4 is 15.4 Å². The molecule has 0 unspecified atom stereocenters. The summed E-state index contributed by atoms with van der Waals surface area (Å²) in [5.74, 6) is 0.144. The van der Waals surface area contributed by atoms with Crippen LogP contribution in [0.2, 0.25) is 0 Å². The largest absolute Gasteiger partial charge is 0.326 e. The number of hydrogen-bond acceptors (Lipinski definition) is 4. The molecular weight excluding hydrogens is 350 g/mol. The molecule has 24 heavy (non-hydrogen) atoms. The summed E-state index contributed by atoms with van der Waals surface area (Å²) in [5.41, 5.74) is 1.19. The fourth-order valence-electron chi connectivity index (χ4n) is 2.74. The Morgan fingerprint density at radius 2 is 1.88 bits per heavy atom. The Morgan fingerprint density at radius 3 is 2.46 bits per heavy atom. The zero-order valence-corrected chi connectivity index (χ0v) is 15.7. The molecule has 0 aromatic heterocycles. The number of hydrogen-bond donors (Lipinski definition) is 3. The third kappa shape index (κ3) is 6.30. The van der Waals surface area contributed by atoms with Crippen molar-refractivity contribution in [1.29, 1.82) is 0 Å². The highest BCUT2D eigenvalue weighted by Gasteiger charge is 2.24. The molecule has 1 aromatic carbocycles. The number of rotatable bonds is 6. The lowest BCUT2D eigenvalue weighted by molar-refractivity contribution is -0.120. The minimum Gasteiger partial charge on any atom is -0.326 e. The highest BCUT2D eigenvalue weighted by atomic mass is 35.5. The van der Waals surface area contributed by atoms with E-state index in [-0.39, 0.29) is 30.0 Å². The van der Waals surface area contributed by atoms with Gasteiger partial charge in [-0.15, -0.1) is 12.4 Å². The van der Waals surface area contributed by atoms with Gasteiger partial charge in [0.15, 0.2) is 0 Å². The fraction of sp³-hybridized carbons (Fsp3) is 0.562. The molecule has 2 atom stereocenters. The standard InChI is InChI=1S/C16H25N3O3S.ClH/c1-3-10-23(21,22)19-15-6-4-14(5-7-15)18-16(20)13-8-9-17-12(2)11-13;/h4-7,12-13,17,19H,3,8-11H2,1-2H3,(H,18,20);1H/t12-,13-;/m0./s1. The van der Waals surface area contributed by atoms with Gasteiger partial charge in [-0.25, -0.2) is 8.42 Å². The molecule has 1 saturated heterocycles. The molecule has 1 aromatic rings. The number of anilines is 2. The van der Waals surface area contributed by atoms with Crippen LogP contribution in [0, 0.1) is 5.92 Å². The molecule has 2 rings (SSSR count). The molecule has 1 amide bonds. The number of benzene rings is 1. The lowest BCUT2D eigenvalue weighted by Gasteiger charge is -2.27. The van der Waals surface area contributed by atoms with E-state index in [1.807, 2.05) is 6.92 Å². The first-order chi connectivity index (χ1) is 10.9. The maximum Gasteiger partial charge on any atom is 0.232 e. The summed E-state index contributed by atoms with van der Waals surface area (Å²) in [5, 5.41) is 6.23. The van der Waals surface area contributed by atoms with E-state index in [0.717, 1.165) is 19.4 Å². The van der Waals surface area contributed by atoms with Crippen molar-refractivity contribution in [3.05, 3.63) is 24.3 Å². The number of carbonyl (C=O) groups is 1. The minimum absolute atomic E-state index is 0. The van der Waals surface area contributed by atoms with Crippen molar-refractivity contribution in [3.8, 4) is 0 Å². The Bertz CT molecular complexity index is 634. The average Bonchev–Trinajstić information content (AvgIpc) is 2.49. The second kappa shape index (κ2) is 9.25. The van der Waals surface area contributed by atoms with E-state index in [9.17, 15) is 13.2 Å². The topological polar surface area (TPSA) is 87.3 Å². The van der Waals surface area contributed by atoms with Gasteiger partial charge in [0.25, 0.3) is 0 Å². The molecule has 136 valence electrons. The molecule has 6 nitrogen and oxygen atoms in total. The van der Waals surface area contributed by atoms with Crippen molar-refractivity contribution in [2.75, 3.05) is 22.3 Å². The molecule has 1 heterocycles. The lowest BCUT2D eigenvalue weighted by atomic mass is 9.92. The van der Waals surface area contributed by atoms with Crippen LogP contribution in [0.25, 0.3) is 0 Å². The van der Waals surface area contributed by atoms with Gasteiger partial charge >= 0.3 is 0 Å². The summed E-state index contributed by atoms with van der Waals surface area (Å²) in [6.45, 7) is 4.76. The zero-order valence-electron chi connectivity index (χ0n) is 14.0. The zero-order chi connectivity index (χ0) is 16.9. The predicted molar refractivity (Wildman–Crippen MR) is 100 cm³/mol. The first-order valence-electron chi connectivity index (χ1n) is 8.04. The predicted octanol–water partition coefficient (Wildman–Crippen LogP) is 2.59. The molecular formula is C16H26ClN3O3S. The number of halogens is 1. The van der Waals surface area contributed by atoms with Crippen molar-refractivity contribution in [2.24, 2.45) is 5.92 Å². The fourth-order valence-corrected chi connectivity index (χ4v) is 3.87. The van der Waals surface area contributed by atoms with Crippen LogP contribution in [-0.4, -0.2) is 32.7 Å². The van der Waals surface area contributed by atoms with Crippen LogP contribution >= 0.6 is 12.4 Å². The quantitative estimate of drug-likeness (QED) is 0.713. The number of piperidine rings is 1. The van der Waals surface area contributed by atoms with E-state index in [0.29, 0.717) is 23.8 Å². The molecule has 0 bridgehead atoms. The summed E-state index contributed by atoms with van der Waals surface area (Å²) in [4.78, 5) is 12.3. The highest BCUT2D eigenvalue weighted by Crippen LogP contribution is 2.20. The molecule has 0 saturated carbocycles. The molecule has 1 aliphatic rings. The van der Waals surface area contributed by atoms with Gasteiger partial charge in [-0.1, -0.05) is 6.92 Å². The van der Waals surface area contributed by atoms with Crippen LogP contribution in [0.3, 0.4) is 0 Å². The molecule has 3 N–H and O–H groups in total. The Kier molecular flexibility index (Phi) is 7.99. The minimum atomic E-state index is -3.29. The van der Waals surface area contributed by atoms with E-state index in [4.69, 9.17) is 0 Å². The van der Waals surface area contributed by atoms with Crippen molar-refractivity contribution in [3.63, 3.8) is 0 Å². The van der Waals surface area contributed by atoms with Gasteiger partial charge in [0, 0.05) is 23.3 Å². The molecule has 1 fully saturated rings. The second-order valence-corrected chi connectivity index (χ2v) is 7.91. The first kappa shape index (κ1) is 20.7. The average molecular weight is 376 g/mol. The van der Waals surface area contributed by atoms with E-state index in [1.54, 1.807) is 24.3 Å². The van der Waals surface area contributed by atoms with Gasteiger partial charge in [-0.05, 0) is 57.0 Å². The van der Waals surface area contributed by atoms with Gasteiger partial charge in [-0.2, -0.15) is 0 Å². The van der Waals surface area contributed by atoms with Gasteiger partial charge < -0.3 is 10.6 Å². The third-order valence-electron chi connectivity index (χ3n) is 3.89. The normalized spacial score (nSPS) is 20.8. The number of sulfonamides is 1. The Morgan fingerprint density at radius 1 is 1.25 bits per heavy atom. The van der Waals surface area contributed by atoms with Crippen LogP contribution in [0.1, 0.15) is 33.1 Å². The van der Waals surface area contributed by atoms with E-state index in [1.165, 1.54) is 0 Å². The monoisotopic (exact) mass is 375 g/mol. The van der Waals surface area contributed by atoms with Crippen molar-refractivity contribution in [2.45, 2.75) is 39.2 Å². The molecule has 0 radical (unpaired) electrons. The van der Waals surface area contributed by atoms with Crippen LogP contribution in [0.4, 0.5) is 11.4 Å². The van der Waals surface area contributed by atoms with Gasteiger partial charge in [0.2, 0.25) is 15.9 Å². The third-order valence-corrected chi connectivity index (χ3v) is 5.39. The SMILES string of the molecule is CCCS(=O)(=O)Nc1ccc(NC(=O)[C@H]2CCN[C@@H](C)C2)cc1.Cl. The molecule has 0 spiro atoms. The van der Waals surface area contributed by atoms with Crippen LogP contribution in [0.15, 0.2) is 24.3 Å².